The minimum absolute atomic E-state index is 0.000893. The molecule has 0 radical (unpaired) electrons. The molecule has 0 aliphatic heterocycles. The molecular weight excluding hydrogens is 456 g/mol. The van der Waals surface area contributed by atoms with Gasteiger partial charge in [-0.25, -0.2) is 18.4 Å². The Morgan fingerprint density at radius 3 is 2.59 bits per heavy atom. The van der Waals surface area contributed by atoms with Gasteiger partial charge in [0.25, 0.3) is 5.91 Å². The smallest absolute Gasteiger partial charge is 0.344 e. The monoisotopic (exact) mass is 467 g/mol. The summed E-state index contributed by atoms with van der Waals surface area (Å²) in [5.41, 5.74) is -0.514. The van der Waals surface area contributed by atoms with Crippen LogP contribution in [-0.4, -0.2) is 25.1 Å². The van der Waals surface area contributed by atoms with Gasteiger partial charge in [-0.05, 0) is 40.2 Å². The SMILES string of the molecule is O=C(COC(=O)COc1ccc2ccc(=O)oc2c1)Nc1c(F)cc(F)cc1Br. The zero-order valence-electron chi connectivity index (χ0n) is 14.5. The van der Waals surface area contributed by atoms with Crippen LogP contribution in [0.5, 0.6) is 5.75 Å². The second kappa shape index (κ2) is 8.82. The maximum absolute atomic E-state index is 13.7. The Morgan fingerprint density at radius 2 is 1.83 bits per heavy atom. The van der Waals surface area contributed by atoms with Gasteiger partial charge in [-0.3, -0.25) is 4.79 Å². The van der Waals surface area contributed by atoms with Crippen molar-refractivity contribution in [2.24, 2.45) is 0 Å². The lowest BCUT2D eigenvalue weighted by Crippen LogP contribution is -2.24. The summed E-state index contributed by atoms with van der Waals surface area (Å²) in [5, 5.41) is 2.85. The number of hydrogen-bond donors (Lipinski definition) is 1. The standard InChI is InChI=1S/C19H12BrF2NO6/c20-13-5-11(21)6-14(22)19(13)23-16(24)8-28-18(26)9-27-12-3-1-10-2-4-17(25)29-15(10)7-12/h1-7H,8-9H2,(H,23,24). The molecule has 0 unspecified atom stereocenters. The topological polar surface area (TPSA) is 94.8 Å². The molecule has 3 rings (SSSR count). The number of esters is 1. The fourth-order valence-electron chi connectivity index (χ4n) is 2.30. The molecule has 1 aromatic heterocycles. The molecular formula is C19H12BrF2NO6. The first-order valence-corrected chi connectivity index (χ1v) is 8.88. The van der Waals surface area contributed by atoms with Crippen LogP contribution in [0.3, 0.4) is 0 Å². The number of halogens is 3. The number of anilines is 1. The Bertz CT molecular complexity index is 1120. The number of ether oxygens (including phenoxy) is 2. The Balaban J connectivity index is 1.51. The third-order valence-corrected chi connectivity index (χ3v) is 4.21. The number of amides is 1. The highest BCUT2D eigenvalue weighted by Gasteiger charge is 2.14. The van der Waals surface area contributed by atoms with E-state index in [1.807, 2.05) is 0 Å². The normalized spacial score (nSPS) is 10.6. The van der Waals surface area contributed by atoms with Gasteiger partial charge in [0.1, 0.15) is 17.1 Å². The summed E-state index contributed by atoms with van der Waals surface area (Å²) in [5.74, 6) is -3.22. The molecule has 0 fully saturated rings. The number of rotatable bonds is 6. The van der Waals surface area contributed by atoms with Crippen LogP contribution in [0.15, 0.2) is 56.1 Å². The van der Waals surface area contributed by atoms with Crippen LogP contribution in [0, 0.1) is 11.6 Å². The van der Waals surface area contributed by atoms with Gasteiger partial charge < -0.3 is 19.2 Å². The Kier molecular flexibility index (Phi) is 6.23. The molecule has 2 aromatic carbocycles. The first-order chi connectivity index (χ1) is 13.8. The summed E-state index contributed by atoms with van der Waals surface area (Å²) < 4.78 is 41.7. The van der Waals surface area contributed by atoms with E-state index in [1.165, 1.54) is 12.1 Å². The lowest BCUT2D eigenvalue weighted by atomic mass is 10.2. The van der Waals surface area contributed by atoms with Crippen molar-refractivity contribution in [3.8, 4) is 5.75 Å². The minimum atomic E-state index is -0.983. The lowest BCUT2D eigenvalue weighted by Gasteiger charge is -2.10. The molecule has 29 heavy (non-hydrogen) atoms. The molecule has 0 atom stereocenters. The number of benzene rings is 2. The molecule has 0 spiro atoms. The third-order valence-electron chi connectivity index (χ3n) is 3.59. The highest BCUT2D eigenvalue weighted by Crippen LogP contribution is 2.26. The molecule has 1 N–H and O–H groups in total. The van der Waals surface area contributed by atoms with Crippen LogP contribution < -0.4 is 15.7 Å². The van der Waals surface area contributed by atoms with Crippen molar-refractivity contribution in [2.45, 2.75) is 0 Å². The van der Waals surface area contributed by atoms with Gasteiger partial charge >= 0.3 is 11.6 Å². The van der Waals surface area contributed by atoms with E-state index in [9.17, 15) is 23.2 Å². The van der Waals surface area contributed by atoms with Gasteiger partial charge in [0, 0.05) is 28.1 Å². The van der Waals surface area contributed by atoms with E-state index in [4.69, 9.17) is 13.9 Å². The zero-order valence-corrected chi connectivity index (χ0v) is 16.1. The van der Waals surface area contributed by atoms with Crippen molar-refractivity contribution in [1.29, 1.82) is 0 Å². The van der Waals surface area contributed by atoms with E-state index in [-0.39, 0.29) is 21.5 Å². The van der Waals surface area contributed by atoms with E-state index < -0.39 is 42.4 Å². The van der Waals surface area contributed by atoms with Crippen molar-refractivity contribution in [2.75, 3.05) is 18.5 Å². The molecule has 150 valence electrons. The highest BCUT2D eigenvalue weighted by atomic mass is 79.9. The summed E-state index contributed by atoms with van der Waals surface area (Å²) in [4.78, 5) is 34.8. The molecule has 3 aromatic rings. The van der Waals surface area contributed by atoms with Gasteiger partial charge in [-0.15, -0.1) is 0 Å². The Labute approximate surface area is 170 Å². The van der Waals surface area contributed by atoms with Gasteiger partial charge in [0.2, 0.25) is 0 Å². The summed E-state index contributed by atoms with van der Waals surface area (Å²) >= 11 is 2.93. The summed E-state index contributed by atoms with van der Waals surface area (Å²) in [6.07, 6.45) is 0. The quantitative estimate of drug-likeness (QED) is 0.441. The summed E-state index contributed by atoms with van der Waals surface area (Å²) in [7, 11) is 0. The molecule has 1 amide bonds. The highest BCUT2D eigenvalue weighted by molar-refractivity contribution is 9.10. The van der Waals surface area contributed by atoms with E-state index >= 15 is 0 Å². The molecule has 0 aliphatic carbocycles. The average molecular weight is 468 g/mol. The van der Waals surface area contributed by atoms with Crippen molar-refractivity contribution in [3.63, 3.8) is 0 Å². The van der Waals surface area contributed by atoms with E-state index in [2.05, 4.69) is 21.2 Å². The summed E-state index contributed by atoms with van der Waals surface area (Å²) in [6, 6.07) is 9.09. The molecule has 0 bridgehead atoms. The minimum Gasteiger partial charge on any atom is -0.482 e. The molecule has 0 saturated carbocycles. The van der Waals surface area contributed by atoms with Crippen molar-refractivity contribution < 1.29 is 32.3 Å². The van der Waals surface area contributed by atoms with Crippen LogP contribution >= 0.6 is 15.9 Å². The molecule has 1 heterocycles. The van der Waals surface area contributed by atoms with E-state index in [0.29, 0.717) is 11.5 Å². The zero-order chi connectivity index (χ0) is 21.0. The predicted octanol–water partition coefficient (Wildman–Crippen LogP) is 3.39. The lowest BCUT2D eigenvalue weighted by molar-refractivity contribution is -0.149. The van der Waals surface area contributed by atoms with Gasteiger partial charge in [0.15, 0.2) is 19.0 Å². The molecule has 0 saturated heterocycles. The van der Waals surface area contributed by atoms with Crippen LogP contribution in [0.1, 0.15) is 0 Å². The second-order valence-electron chi connectivity index (χ2n) is 5.70. The molecule has 0 aliphatic rings. The largest absolute Gasteiger partial charge is 0.482 e. The fourth-order valence-corrected chi connectivity index (χ4v) is 2.81. The Hall–Kier alpha value is -3.27. The van der Waals surface area contributed by atoms with Crippen molar-refractivity contribution >= 4 is 44.5 Å². The van der Waals surface area contributed by atoms with Crippen LogP contribution in [-0.2, 0) is 14.3 Å². The van der Waals surface area contributed by atoms with Gasteiger partial charge in [-0.2, -0.15) is 0 Å². The summed E-state index contributed by atoms with van der Waals surface area (Å²) in [6.45, 7) is -1.21. The molecule has 7 nitrogen and oxygen atoms in total. The predicted molar refractivity (Wildman–Crippen MR) is 102 cm³/mol. The number of carbonyl (C=O) groups excluding carboxylic acids is 2. The van der Waals surface area contributed by atoms with Crippen LogP contribution in [0.25, 0.3) is 11.0 Å². The number of carbonyl (C=O) groups is 2. The van der Waals surface area contributed by atoms with Crippen LogP contribution in [0.4, 0.5) is 14.5 Å². The van der Waals surface area contributed by atoms with E-state index in [0.717, 1.165) is 6.07 Å². The van der Waals surface area contributed by atoms with Gasteiger partial charge in [-0.1, -0.05) is 0 Å². The third kappa shape index (κ3) is 5.38. The maximum Gasteiger partial charge on any atom is 0.344 e. The van der Waals surface area contributed by atoms with Crippen LogP contribution in [0.2, 0.25) is 0 Å². The first-order valence-electron chi connectivity index (χ1n) is 8.08. The Morgan fingerprint density at radius 1 is 1.07 bits per heavy atom. The average Bonchev–Trinajstić information content (AvgIpc) is 2.67. The fraction of sp³-hybridized carbons (Fsp3) is 0.105. The van der Waals surface area contributed by atoms with Gasteiger partial charge in [0.05, 0.1) is 5.69 Å². The second-order valence-corrected chi connectivity index (χ2v) is 6.55. The first kappa shape index (κ1) is 20.5. The van der Waals surface area contributed by atoms with E-state index in [1.54, 1.807) is 18.2 Å². The molecule has 10 heteroatoms. The number of hydrogen-bond acceptors (Lipinski definition) is 6. The van der Waals surface area contributed by atoms with Crippen molar-refractivity contribution in [1.82, 2.24) is 0 Å². The maximum atomic E-state index is 13.7. The number of nitrogens with one attached hydrogen (secondary N) is 1. The van der Waals surface area contributed by atoms with Crippen molar-refractivity contribution in [3.05, 3.63) is 69.0 Å². The number of fused-ring (bicyclic) bond motifs is 1.